The van der Waals surface area contributed by atoms with Crippen molar-refractivity contribution in [3.63, 3.8) is 0 Å². The van der Waals surface area contributed by atoms with Gasteiger partial charge in [0, 0.05) is 12.1 Å². The van der Waals surface area contributed by atoms with E-state index in [0.29, 0.717) is 6.04 Å². The van der Waals surface area contributed by atoms with Crippen LogP contribution in [0.1, 0.15) is 76.7 Å². The Morgan fingerprint density at radius 1 is 1.09 bits per heavy atom. The molecule has 1 aliphatic rings. The summed E-state index contributed by atoms with van der Waals surface area (Å²) < 4.78 is 0. The fourth-order valence-electron chi connectivity index (χ4n) is 3.34. The summed E-state index contributed by atoms with van der Waals surface area (Å²) >= 11 is 0. The van der Waals surface area contributed by atoms with Gasteiger partial charge >= 0.3 is 0 Å². The van der Waals surface area contributed by atoms with Gasteiger partial charge in [-0.15, -0.1) is 0 Å². The van der Waals surface area contributed by atoms with Crippen molar-refractivity contribution in [2.45, 2.75) is 77.2 Å². The minimum absolute atomic E-state index is 0.0891. The second-order valence-corrected chi connectivity index (χ2v) is 6.69. The number of nitrogens with one attached hydrogen (secondary N) is 1. The fraction of sp³-hybridized carbons (Fsp3) is 0.571. The SMILES string of the molecule is CCCCCCC(=CC(=O)NC1CCCCC1)c1ccccc1. The second-order valence-electron chi connectivity index (χ2n) is 6.69. The van der Waals surface area contributed by atoms with Crippen LogP contribution in [0, 0.1) is 0 Å². The molecule has 2 heteroatoms. The van der Waals surface area contributed by atoms with E-state index >= 15 is 0 Å². The van der Waals surface area contributed by atoms with Crippen molar-refractivity contribution in [3.05, 3.63) is 42.0 Å². The Morgan fingerprint density at radius 2 is 1.83 bits per heavy atom. The maximum atomic E-state index is 12.4. The van der Waals surface area contributed by atoms with Gasteiger partial charge in [-0.1, -0.05) is 75.8 Å². The number of hydrogen-bond donors (Lipinski definition) is 1. The molecule has 126 valence electrons. The van der Waals surface area contributed by atoms with Crippen molar-refractivity contribution in [1.29, 1.82) is 0 Å². The first-order valence-corrected chi connectivity index (χ1v) is 9.36. The predicted octanol–water partition coefficient (Wildman–Crippen LogP) is 5.49. The molecule has 2 nitrogen and oxygen atoms in total. The number of benzene rings is 1. The molecule has 2 rings (SSSR count). The zero-order chi connectivity index (χ0) is 16.3. The third-order valence-electron chi connectivity index (χ3n) is 4.70. The number of carbonyl (C=O) groups excluding carboxylic acids is 1. The summed E-state index contributed by atoms with van der Waals surface area (Å²) in [5, 5.41) is 3.21. The van der Waals surface area contributed by atoms with Crippen molar-refractivity contribution >= 4 is 11.5 Å². The standard InChI is InChI=1S/C21H31NO/c1-2-3-4-7-14-19(18-12-8-5-9-13-18)17-21(23)22-20-15-10-6-11-16-20/h5,8-9,12-13,17,20H,2-4,6-7,10-11,14-16H2,1H3,(H,22,23). The van der Waals surface area contributed by atoms with E-state index < -0.39 is 0 Å². The molecule has 0 heterocycles. The summed E-state index contributed by atoms with van der Waals surface area (Å²) in [6.07, 6.45) is 13.8. The van der Waals surface area contributed by atoms with Gasteiger partial charge in [0.15, 0.2) is 0 Å². The number of hydrogen-bond acceptors (Lipinski definition) is 1. The van der Waals surface area contributed by atoms with Crippen LogP contribution in [0.15, 0.2) is 36.4 Å². The normalized spacial score (nSPS) is 16.3. The lowest BCUT2D eigenvalue weighted by Gasteiger charge is -2.22. The summed E-state index contributed by atoms with van der Waals surface area (Å²) in [6, 6.07) is 10.7. The van der Waals surface area contributed by atoms with E-state index in [1.807, 2.05) is 24.3 Å². The van der Waals surface area contributed by atoms with Crippen molar-refractivity contribution in [2.75, 3.05) is 0 Å². The first-order valence-electron chi connectivity index (χ1n) is 9.36. The topological polar surface area (TPSA) is 29.1 Å². The molecule has 1 aromatic rings. The van der Waals surface area contributed by atoms with Crippen molar-refractivity contribution < 1.29 is 4.79 Å². The third kappa shape index (κ3) is 6.60. The smallest absolute Gasteiger partial charge is 0.244 e. The molecule has 0 unspecified atom stereocenters. The molecule has 1 aliphatic carbocycles. The molecular formula is C21H31NO. The average Bonchev–Trinajstić information content (AvgIpc) is 2.59. The number of carbonyl (C=O) groups is 1. The van der Waals surface area contributed by atoms with Crippen LogP contribution in [0.25, 0.3) is 5.57 Å². The van der Waals surface area contributed by atoms with Gasteiger partial charge in [-0.25, -0.2) is 0 Å². The van der Waals surface area contributed by atoms with Crippen LogP contribution in [0.3, 0.4) is 0 Å². The van der Waals surface area contributed by atoms with E-state index in [1.54, 1.807) is 0 Å². The second kappa shape index (κ2) is 10.3. The zero-order valence-electron chi connectivity index (χ0n) is 14.5. The molecule has 1 N–H and O–H groups in total. The van der Waals surface area contributed by atoms with Crippen molar-refractivity contribution in [2.24, 2.45) is 0 Å². The highest BCUT2D eigenvalue weighted by atomic mass is 16.1. The van der Waals surface area contributed by atoms with Crippen LogP contribution in [-0.4, -0.2) is 11.9 Å². The van der Waals surface area contributed by atoms with E-state index in [4.69, 9.17) is 0 Å². The molecule has 1 amide bonds. The molecule has 0 spiro atoms. The van der Waals surface area contributed by atoms with E-state index in [1.165, 1.54) is 49.7 Å². The number of amides is 1. The van der Waals surface area contributed by atoms with Crippen LogP contribution < -0.4 is 5.32 Å². The molecule has 0 aromatic heterocycles. The summed E-state index contributed by atoms with van der Waals surface area (Å²) in [4.78, 5) is 12.4. The Hall–Kier alpha value is -1.57. The lowest BCUT2D eigenvalue weighted by molar-refractivity contribution is -0.117. The van der Waals surface area contributed by atoms with Gasteiger partial charge in [-0.05, 0) is 36.8 Å². The largest absolute Gasteiger partial charge is 0.350 e. The monoisotopic (exact) mass is 313 g/mol. The van der Waals surface area contributed by atoms with Crippen molar-refractivity contribution in [1.82, 2.24) is 5.32 Å². The zero-order valence-corrected chi connectivity index (χ0v) is 14.5. The molecule has 1 saturated carbocycles. The first kappa shape index (κ1) is 17.8. The molecular weight excluding hydrogens is 282 g/mol. The minimum Gasteiger partial charge on any atom is -0.350 e. The van der Waals surface area contributed by atoms with Crippen molar-refractivity contribution in [3.8, 4) is 0 Å². The molecule has 0 aliphatic heterocycles. The number of rotatable bonds is 8. The van der Waals surface area contributed by atoms with E-state index in [9.17, 15) is 4.79 Å². The highest BCUT2D eigenvalue weighted by molar-refractivity contribution is 5.95. The lowest BCUT2D eigenvalue weighted by Crippen LogP contribution is -2.35. The van der Waals surface area contributed by atoms with Gasteiger partial charge < -0.3 is 5.32 Å². The van der Waals surface area contributed by atoms with Gasteiger partial charge in [0.2, 0.25) is 5.91 Å². The molecule has 1 fully saturated rings. The Bertz CT molecular complexity index is 486. The van der Waals surface area contributed by atoms with Crippen LogP contribution in [0.5, 0.6) is 0 Å². The lowest BCUT2D eigenvalue weighted by atomic mass is 9.95. The average molecular weight is 313 g/mol. The van der Waals surface area contributed by atoms with Gasteiger partial charge in [0.05, 0.1) is 0 Å². The fourth-order valence-corrected chi connectivity index (χ4v) is 3.34. The summed E-state index contributed by atoms with van der Waals surface area (Å²) in [6.45, 7) is 2.23. The van der Waals surface area contributed by atoms with Gasteiger partial charge in [0.25, 0.3) is 0 Å². The molecule has 1 aromatic carbocycles. The summed E-state index contributed by atoms with van der Waals surface area (Å²) in [5.74, 6) is 0.0891. The van der Waals surface area contributed by atoms with E-state index in [-0.39, 0.29) is 5.91 Å². The Balaban J connectivity index is 1.97. The predicted molar refractivity (Wildman–Crippen MR) is 98.2 cm³/mol. The quantitative estimate of drug-likeness (QED) is 0.499. The highest BCUT2D eigenvalue weighted by Gasteiger charge is 2.15. The Morgan fingerprint density at radius 3 is 2.52 bits per heavy atom. The molecule has 0 atom stereocenters. The van der Waals surface area contributed by atoms with Crippen LogP contribution in [-0.2, 0) is 4.79 Å². The maximum absolute atomic E-state index is 12.4. The van der Waals surface area contributed by atoms with Crippen LogP contribution >= 0.6 is 0 Å². The van der Waals surface area contributed by atoms with Crippen LogP contribution in [0.4, 0.5) is 0 Å². The van der Waals surface area contributed by atoms with Gasteiger partial charge in [-0.3, -0.25) is 4.79 Å². The third-order valence-corrected chi connectivity index (χ3v) is 4.70. The number of unbranched alkanes of at least 4 members (excludes halogenated alkanes) is 3. The number of allylic oxidation sites excluding steroid dienone is 1. The van der Waals surface area contributed by atoms with E-state index in [2.05, 4.69) is 24.4 Å². The molecule has 23 heavy (non-hydrogen) atoms. The molecule has 0 radical (unpaired) electrons. The minimum atomic E-state index is 0.0891. The molecule has 0 saturated heterocycles. The van der Waals surface area contributed by atoms with E-state index in [0.717, 1.165) is 25.7 Å². The Kier molecular flexibility index (Phi) is 7.92. The summed E-state index contributed by atoms with van der Waals surface area (Å²) in [7, 11) is 0. The highest BCUT2D eigenvalue weighted by Crippen LogP contribution is 2.22. The molecule has 0 bridgehead atoms. The van der Waals surface area contributed by atoms with Crippen LogP contribution in [0.2, 0.25) is 0 Å². The van der Waals surface area contributed by atoms with Gasteiger partial charge in [0.1, 0.15) is 0 Å². The Labute approximate surface area is 141 Å². The maximum Gasteiger partial charge on any atom is 0.244 e. The van der Waals surface area contributed by atoms with Gasteiger partial charge in [-0.2, -0.15) is 0 Å². The summed E-state index contributed by atoms with van der Waals surface area (Å²) in [5.41, 5.74) is 2.36. The first-order chi connectivity index (χ1) is 11.3.